The van der Waals surface area contributed by atoms with Gasteiger partial charge >= 0.3 is 0 Å². The maximum Gasteiger partial charge on any atom is 0.261 e. The minimum atomic E-state index is -0.650. The number of nitriles is 1. The number of aromatic hydroxyl groups is 1. The van der Waals surface area contributed by atoms with Crippen LogP contribution < -0.4 is 18.9 Å². The van der Waals surface area contributed by atoms with E-state index in [4.69, 9.17) is 18.9 Å². The molecule has 1 saturated heterocycles. The van der Waals surface area contributed by atoms with Gasteiger partial charge in [0.05, 0.1) is 36.4 Å². The Morgan fingerprint density at radius 1 is 1.06 bits per heavy atom. The molecule has 246 valence electrons. The van der Waals surface area contributed by atoms with Gasteiger partial charge < -0.3 is 24.1 Å². The molecular weight excluding hydrogens is 612 g/mol. The topological polar surface area (TPSA) is 125 Å². The molecule has 0 radical (unpaired) electrons. The van der Waals surface area contributed by atoms with Crippen LogP contribution in [0.1, 0.15) is 66.2 Å². The third kappa shape index (κ3) is 3.99. The molecule has 1 N–H and O–H groups in total. The van der Waals surface area contributed by atoms with Crippen LogP contribution in [0.2, 0.25) is 0 Å². The number of imide groups is 1. The monoisotopic (exact) mass is 648 g/mol. The smallest absolute Gasteiger partial charge is 0.261 e. The molecule has 11 nitrogen and oxygen atoms in total. The molecule has 5 atom stereocenters. The molecule has 0 spiro atoms. The zero-order valence-electron chi connectivity index (χ0n) is 27.3. The van der Waals surface area contributed by atoms with Crippen molar-refractivity contribution in [2.24, 2.45) is 0 Å². The number of carbonyl (C=O) groups excluding carboxylic acids is 2. The van der Waals surface area contributed by atoms with Gasteiger partial charge in [-0.3, -0.25) is 24.3 Å². The normalized spacial score (nSPS) is 25.1. The van der Waals surface area contributed by atoms with Gasteiger partial charge in [-0.1, -0.05) is 30.9 Å². The Kier molecular flexibility index (Phi) is 6.95. The second-order valence-electron chi connectivity index (χ2n) is 13.1. The van der Waals surface area contributed by atoms with Crippen LogP contribution in [0.15, 0.2) is 43.0 Å². The highest BCUT2D eigenvalue weighted by Crippen LogP contribution is 2.58. The Balaban J connectivity index is 1.37. The van der Waals surface area contributed by atoms with Crippen LogP contribution in [-0.4, -0.2) is 83.8 Å². The average Bonchev–Trinajstić information content (AvgIpc) is 3.65. The van der Waals surface area contributed by atoms with Gasteiger partial charge in [-0.15, -0.1) is 0 Å². The summed E-state index contributed by atoms with van der Waals surface area (Å²) in [7, 11) is 3.55. The van der Waals surface area contributed by atoms with E-state index >= 15 is 0 Å². The first kappa shape index (κ1) is 30.3. The molecule has 8 rings (SSSR count). The summed E-state index contributed by atoms with van der Waals surface area (Å²) in [6, 6.07) is 9.26. The van der Waals surface area contributed by atoms with Crippen LogP contribution >= 0.6 is 0 Å². The number of carbonyl (C=O) groups is 2. The van der Waals surface area contributed by atoms with Crippen LogP contribution in [0.4, 0.5) is 0 Å². The number of ether oxygens (including phenoxy) is 4. The first-order valence-corrected chi connectivity index (χ1v) is 16.1. The number of rotatable bonds is 6. The molecule has 5 aliphatic heterocycles. The van der Waals surface area contributed by atoms with Crippen molar-refractivity contribution in [2.45, 2.75) is 56.9 Å². The zero-order valence-corrected chi connectivity index (χ0v) is 27.3. The summed E-state index contributed by atoms with van der Waals surface area (Å²) in [4.78, 5) is 33.3. The molecule has 2 unspecified atom stereocenters. The molecule has 0 aromatic heterocycles. The summed E-state index contributed by atoms with van der Waals surface area (Å²) >= 11 is 0. The summed E-state index contributed by atoms with van der Waals surface area (Å²) in [6.45, 7) is 7.92. The van der Waals surface area contributed by atoms with Gasteiger partial charge in [-0.25, -0.2) is 0 Å². The number of nitrogens with zero attached hydrogens (tertiary/aromatic N) is 4. The number of aryl methyl sites for hydroxylation is 1. The molecule has 5 aliphatic rings. The highest BCUT2D eigenvalue weighted by molar-refractivity contribution is 6.21. The SMILES string of the molecule is C=CCOc1c(C)c2c(c3c1CC1[C@H]4c5c(cc(C)c(OC)c5O)C[C@@H](C(C#N)N1[C@H]3CN1C(=O)c3ccccc3C1=O)N4C)OCO2. The molecule has 3 aromatic carbocycles. The number of methoxy groups -OCH3 is 1. The lowest BCUT2D eigenvalue weighted by atomic mass is 9.71. The average molecular weight is 649 g/mol. The van der Waals surface area contributed by atoms with Crippen LogP contribution in [-0.2, 0) is 12.8 Å². The Labute approximate surface area is 278 Å². The fraction of sp³-hybridized carbons (Fsp3) is 0.378. The third-order valence-corrected chi connectivity index (χ3v) is 10.8. The number of phenolic OH excluding ortho intramolecular Hbond substituents is 1. The fourth-order valence-electron chi connectivity index (χ4n) is 8.92. The number of amides is 2. The minimum Gasteiger partial charge on any atom is -0.504 e. The number of hydrogen-bond acceptors (Lipinski definition) is 10. The highest BCUT2D eigenvalue weighted by atomic mass is 16.7. The van der Waals surface area contributed by atoms with Gasteiger partial charge in [0.25, 0.3) is 11.8 Å². The first-order chi connectivity index (χ1) is 23.2. The van der Waals surface area contributed by atoms with Gasteiger partial charge in [0.2, 0.25) is 6.79 Å². The first-order valence-electron chi connectivity index (χ1n) is 16.1. The van der Waals surface area contributed by atoms with Gasteiger partial charge in [0.15, 0.2) is 23.0 Å². The number of likely N-dealkylation sites (N-methyl/N-ethyl adjacent to an activating group) is 1. The molecule has 5 heterocycles. The lowest BCUT2D eigenvalue weighted by Crippen LogP contribution is -2.68. The van der Waals surface area contributed by atoms with Crippen molar-refractivity contribution in [1.29, 1.82) is 5.26 Å². The van der Waals surface area contributed by atoms with Crippen molar-refractivity contribution in [3.8, 4) is 34.8 Å². The van der Waals surface area contributed by atoms with Gasteiger partial charge in [0, 0.05) is 40.9 Å². The van der Waals surface area contributed by atoms with E-state index in [0.29, 0.717) is 47.0 Å². The lowest BCUT2D eigenvalue weighted by Gasteiger charge is -2.60. The quantitative estimate of drug-likeness (QED) is 0.304. The van der Waals surface area contributed by atoms with Gasteiger partial charge in [-0.2, -0.15) is 5.26 Å². The second-order valence-corrected chi connectivity index (χ2v) is 13.1. The van der Waals surface area contributed by atoms with E-state index in [-0.39, 0.29) is 55.6 Å². The summed E-state index contributed by atoms with van der Waals surface area (Å²) in [5.41, 5.74) is 5.65. The van der Waals surface area contributed by atoms with E-state index in [1.807, 2.05) is 20.9 Å². The van der Waals surface area contributed by atoms with E-state index in [2.05, 4.69) is 28.5 Å². The molecule has 11 heteroatoms. The summed E-state index contributed by atoms with van der Waals surface area (Å²) < 4.78 is 24.2. The lowest BCUT2D eigenvalue weighted by molar-refractivity contribution is -0.0758. The Morgan fingerprint density at radius 3 is 2.44 bits per heavy atom. The van der Waals surface area contributed by atoms with Crippen LogP contribution in [0.25, 0.3) is 0 Å². The zero-order chi connectivity index (χ0) is 33.6. The minimum absolute atomic E-state index is 0.00670. The van der Waals surface area contributed by atoms with E-state index < -0.39 is 12.1 Å². The molecule has 0 saturated carbocycles. The van der Waals surface area contributed by atoms with Gasteiger partial charge in [-0.05, 0) is 57.0 Å². The molecule has 0 aliphatic carbocycles. The van der Waals surface area contributed by atoms with Crippen molar-refractivity contribution in [3.63, 3.8) is 0 Å². The maximum atomic E-state index is 13.8. The van der Waals surface area contributed by atoms with E-state index in [1.165, 1.54) is 4.90 Å². The Bertz CT molecular complexity index is 1930. The van der Waals surface area contributed by atoms with Crippen LogP contribution in [0.3, 0.4) is 0 Å². The van der Waals surface area contributed by atoms with E-state index in [9.17, 15) is 20.0 Å². The summed E-state index contributed by atoms with van der Waals surface area (Å²) in [5, 5.41) is 22.7. The van der Waals surface area contributed by atoms with Crippen molar-refractivity contribution < 1.29 is 33.6 Å². The Hall–Kier alpha value is -5.05. The summed E-state index contributed by atoms with van der Waals surface area (Å²) in [5.74, 6) is 1.46. The van der Waals surface area contributed by atoms with Crippen molar-refractivity contribution in [3.05, 3.63) is 87.5 Å². The van der Waals surface area contributed by atoms with Crippen LogP contribution in [0.5, 0.6) is 28.7 Å². The largest absolute Gasteiger partial charge is 0.504 e. The molecule has 48 heavy (non-hydrogen) atoms. The number of piperazine rings is 1. The molecule has 2 bridgehead atoms. The molecule has 1 fully saturated rings. The van der Waals surface area contributed by atoms with E-state index in [0.717, 1.165) is 33.4 Å². The predicted octanol–water partition coefficient (Wildman–Crippen LogP) is 4.38. The standard InChI is InChI=1S/C37H36N4O7/c1-6-11-46-33-19(3)34-35(48-17-47-34)29-23(33)14-25-30-28-20(12-18(2)32(45-5)31(28)42)13-24(39(30)4)26(15-38)41(25)27(29)16-40-36(43)21-9-7-8-10-22(21)37(40)44/h6-10,12,24-27,30,42H,1,11,13-14,16-17H2,2-5H3/t24-,25?,26?,27-,30-/m0/s1. The highest BCUT2D eigenvalue weighted by Gasteiger charge is 2.57. The number of hydrogen-bond donors (Lipinski definition) is 1. The fourth-order valence-corrected chi connectivity index (χ4v) is 8.92. The van der Waals surface area contributed by atoms with Crippen molar-refractivity contribution in [1.82, 2.24) is 14.7 Å². The van der Waals surface area contributed by atoms with Crippen molar-refractivity contribution in [2.75, 3.05) is 34.1 Å². The van der Waals surface area contributed by atoms with Crippen LogP contribution in [0, 0.1) is 25.2 Å². The number of phenols is 1. The van der Waals surface area contributed by atoms with Crippen molar-refractivity contribution >= 4 is 11.8 Å². The Morgan fingerprint density at radius 2 is 1.77 bits per heavy atom. The number of fused-ring (bicyclic) bond motifs is 10. The maximum absolute atomic E-state index is 13.8. The predicted molar refractivity (Wildman–Crippen MR) is 174 cm³/mol. The van der Waals surface area contributed by atoms with E-state index in [1.54, 1.807) is 37.5 Å². The second kappa shape index (κ2) is 11.0. The van der Waals surface area contributed by atoms with Gasteiger partial charge in [0.1, 0.15) is 18.4 Å². The molecular formula is C37H36N4O7. The number of benzene rings is 3. The third-order valence-electron chi connectivity index (χ3n) is 10.8. The summed E-state index contributed by atoms with van der Waals surface area (Å²) in [6.07, 6.45) is 2.64. The molecule has 2 amide bonds. The molecule has 3 aromatic rings.